The number of halogens is 1. The van der Waals surface area contributed by atoms with E-state index >= 15 is 0 Å². The molecule has 0 saturated carbocycles. The van der Waals surface area contributed by atoms with Crippen LogP contribution in [0.3, 0.4) is 0 Å². The number of nitrogens with one attached hydrogen (secondary N) is 1. The molecule has 1 aromatic rings. The minimum atomic E-state index is -0.498. The van der Waals surface area contributed by atoms with Gasteiger partial charge < -0.3 is 4.74 Å². The minimum Gasteiger partial charge on any atom is -0.444 e. The van der Waals surface area contributed by atoms with Gasteiger partial charge in [0.1, 0.15) is 11.4 Å². The summed E-state index contributed by atoms with van der Waals surface area (Å²) in [7, 11) is 0. The summed E-state index contributed by atoms with van der Waals surface area (Å²) in [4.78, 5) is 15.5. The van der Waals surface area contributed by atoms with Gasteiger partial charge in [0.2, 0.25) is 0 Å². The van der Waals surface area contributed by atoms with Crippen molar-refractivity contribution in [2.24, 2.45) is 0 Å². The molecule has 0 bridgehead atoms. The maximum atomic E-state index is 11.4. The molecule has 4 nitrogen and oxygen atoms in total. The highest BCUT2D eigenvalue weighted by Gasteiger charge is 2.16. The Bertz CT molecular complexity index is 399. The van der Waals surface area contributed by atoms with Crippen LogP contribution in [0.25, 0.3) is 0 Å². The molecule has 0 aliphatic carbocycles. The Hall–Kier alpha value is -0.850. The second-order valence-electron chi connectivity index (χ2n) is 4.45. The molecule has 88 valence electrons. The highest BCUT2D eigenvalue weighted by molar-refractivity contribution is 14.1. The third-order valence-corrected chi connectivity index (χ3v) is 2.81. The Labute approximate surface area is 109 Å². The molecule has 5 heteroatoms. The van der Waals surface area contributed by atoms with Gasteiger partial charge in [0.05, 0.1) is 0 Å². The topological polar surface area (TPSA) is 51.2 Å². The van der Waals surface area contributed by atoms with E-state index in [0.29, 0.717) is 5.82 Å². The van der Waals surface area contributed by atoms with Gasteiger partial charge in [-0.25, -0.2) is 9.78 Å². The van der Waals surface area contributed by atoms with Crippen molar-refractivity contribution in [3.8, 4) is 0 Å². The third-order valence-electron chi connectivity index (χ3n) is 1.68. The first-order valence-electron chi connectivity index (χ1n) is 4.90. The van der Waals surface area contributed by atoms with Gasteiger partial charge >= 0.3 is 6.09 Å². The molecule has 0 unspecified atom stereocenters. The Morgan fingerprint density at radius 3 is 2.62 bits per heavy atom. The summed E-state index contributed by atoms with van der Waals surface area (Å²) in [5, 5.41) is 2.59. The highest BCUT2D eigenvalue weighted by Crippen LogP contribution is 2.15. The average Bonchev–Trinajstić information content (AvgIpc) is 2.08. The number of ether oxygens (including phenoxy) is 1. The van der Waals surface area contributed by atoms with Crippen LogP contribution in [-0.4, -0.2) is 16.7 Å². The molecule has 0 aliphatic rings. The van der Waals surface area contributed by atoms with Crippen LogP contribution in [0.5, 0.6) is 0 Å². The van der Waals surface area contributed by atoms with E-state index in [1.807, 2.05) is 33.8 Å². The van der Waals surface area contributed by atoms with Gasteiger partial charge in [0, 0.05) is 9.77 Å². The molecule has 0 aliphatic heterocycles. The summed E-state index contributed by atoms with van der Waals surface area (Å²) < 4.78 is 6.18. The number of anilines is 1. The summed E-state index contributed by atoms with van der Waals surface area (Å²) in [6.45, 7) is 7.42. The van der Waals surface area contributed by atoms with Crippen molar-refractivity contribution in [1.29, 1.82) is 0 Å². The monoisotopic (exact) mass is 334 g/mol. The summed E-state index contributed by atoms with van der Waals surface area (Å²) in [5.74, 6) is 0.507. The smallest absolute Gasteiger partial charge is 0.413 e. The Morgan fingerprint density at radius 1 is 1.50 bits per heavy atom. The predicted octanol–water partition coefficient (Wildman–Crippen LogP) is 3.34. The van der Waals surface area contributed by atoms with E-state index in [2.05, 4.69) is 32.9 Å². The van der Waals surface area contributed by atoms with Gasteiger partial charge in [0.25, 0.3) is 0 Å². The molecule has 1 aromatic heterocycles. The molecule has 1 N–H and O–H groups in total. The number of hydrogen-bond donors (Lipinski definition) is 1. The van der Waals surface area contributed by atoms with Crippen LogP contribution in [0.4, 0.5) is 10.6 Å². The van der Waals surface area contributed by atoms with E-state index < -0.39 is 11.7 Å². The second kappa shape index (κ2) is 4.99. The molecule has 0 fully saturated rings. The van der Waals surface area contributed by atoms with Crippen molar-refractivity contribution < 1.29 is 9.53 Å². The van der Waals surface area contributed by atoms with Gasteiger partial charge in [-0.15, -0.1) is 0 Å². The van der Waals surface area contributed by atoms with Crippen LogP contribution in [0.2, 0.25) is 0 Å². The molecular formula is C11H15IN2O2. The van der Waals surface area contributed by atoms with E-state index in [0.717, 1.165) is 9.13 Å². The number of hydrogen-bond acceptors (Lipinski definition) is 3. The lowest BCUT2D eigenvalue weighted by molar-refractivity contribution is 0.0635. The maximum absolute atomic E-state index is 11.4. The Balaban J connectivity index is 2.67. The van der Waals surface area contributed by atoms with E-state index in [1.165, 1.54) is 0 Å². The molecule has 0 radical (unpaired) electrons. The number of carbonyl (C=O) groups is 1. The number of nitrogens with zero attached hydrogens (tertiary/aromatic N) is 1. The highest BCUT2D eigenvalue weighted by atomic mass is 127. The fourth-order valence-corrected chi connectivity index (χ4v) is 1.31. The van der Waals surface area contributed by atoms with Crippen LogP contribution in [0.15, 0.2) is 12.3 Å². The normalized spacial score (nSPS) is 11.1. The standard InChI is InChI=1S/C11H15IN2O2/c1-7-5-9(13-6-8(7)12)14-10(15)16-11(2,3)4/h5-6H,1-4H3,(H,13,14,15). The number of amides is 1. The van der Waals surface area contributed by atoms with Crippen LogP contribution in [-0.2, 0) is 4.74 Å². The number of aromatic nitrogens is 1. The lowest BCUT2D eigenvalue weighted by atomic mass is 10.2. The van der Waals surface area contributed by atoms with Gasteiger partial charge in [-0.2, -0.15) is 0 Å². The van der Waals surface area contributed by atoms with Crippen LogP contribution < -0.4 is 5.32 Å². The third kappa shape index (κ3) is 4.34. The molecule has 0 aromatic carbocycles. The minimum absolute atomic E-state index is 0.486. The van der Waals surface area contributed by atoms with Crippen molar-refractivity contribution >= 4 is 34.5 Å². The molecule has 1 rings (SSSR count). The quantitative estimate of drug-likeness (QED) is 0.802. The van der Waals surface area contributed by atoms with Gasteiger partial charge in [-0.1, -0.05) is 0 Å². The van der Waals surface area contributed by atoms with E-state index in [4.69, 9.17) is 4.74 Å². The molecule has 1 heterocycles. The van der Waals surface area contributed by atoms with E-state index in [-0.39, 0.29) is 0 Å². The average molecular weight is 334 g/mol. The van der Waals surface area contributed by atoms with Crippen LogP contribution in [0, 0.1) is 10.5 Å². The van der Waals surface area contributed by atoms with Crippen molar-refractivity contribution in [3.63, 3.8) is 0 Å². The van der Waals surface area contributed by atoms with E-state index in [1.54, 1.807) is 6.20 Å². The first-order chi connectivity index (χ1) is 7.28. The predicted molar refractivity (Wildman–Crippen MR) is 71.5 cm³/mol. The summed E-state index contributed by atoms with van der Waals surface area (Å²) >= 11 is 2.19. The largest absolute Gasteiger partial charge is 0.444 e. The maximum Gasteiger partial charge on any atom is 0.413 e. The first kappa shape index (κ1) is 13.2. The van der Waals surface area contributed by atoms with Crippen molar-refractivity contribution in [1.82, 2.24) is 4.98 Å². The lowest BCUT2D eigenvalue weighted by Gasteiger charge is -2.19. The molecular weight excluding hydrogens is 319 g/mol. The number of aryl methyl sites for hydroxylation is 1. The van der Waals surface area contributed by atoms with Gasteiger partial charge in [-0.05, 0) is 61.9 Å². The van der Waals surface area contributed by atoms with Gasteiger partial charge in [-0.3, -0.25) is 5.32 Å². The van der Waals surface area contributed by atoms with Crippen molar-refractivity contribution in [3.05, 3.63) is 21.4 Å². The van der Waals surface area contributed by atoms with Crippen LogP contribution >= 0.6 is 22.6 Å². The Morgan fingerprint density at radius 2 is 2.12 bits per heavy atom. The fourth-order valence-electron chi connectivity index (χ4n) is 1.02. The SMILES string of the molecule is Cc1cc(NC(=O)OC(C)(C)C)ncc1I. The summed E-state index contributed by atoms with van der Waals surface area (Å²) in [6, 6.07) is 1.81. The summed E-state index contributed by atoms with van der Waals surface area (Å²) in [6.07, 6.45) is 1.23. The summed E-state index contributed by atoms with van der Waals surface area (Å²) in [5.41, 5.74) is 0.573. The zero-order valence-electron chi connectivity index (χ0n) is 9.80. The zero-order valence-corrected chi connectivity index (χ0v) is 12.0. The van der Waals surface area contributed by atoms with Crippen LogP contribution in [0.1, 0.15) is 26.3 Å². The van der Waals surface area contributed by atoms with Crippen molar-refractivity contribution in [2.75, 3.05) is 5.32 Å². The second-order valence-corrected chi connectivity index (χ2v) is 5.61. The number of pyridine rings is 1. The van der Waals surface area contributed by atoms with Crippen molar-refractivity contribution in [2.45, 2.75) is 33.3 Å². The fraction of sp³-hybridized carbons (Fsp3) is 0.455. The molecule has 0 atom stereocenters. The Kier molecular flexibility index (Phi) is 4.12. The molecule has 1 amide bonds. The number of carbonyl (C=O) groups excluding carboxylic acids is 1. The van der Waals surface area contributed by atoms with Gasteiger partial charge in [0.15, 0.2) is 0 Å². The molecule has 16 heavy (non-hydrogen) atoms. The number of rotatable bonds is 1. The lowest BCUT2D eigenvalue weighted by Crippen LogP contribution is -2.27. The molecule has 0 saturated heterocycles. The first-order valence-corrected chi connectivity index (χ1v) is 5.98. The molecule has 0 spiro atoms. The van der Waals surface area contributed by atoms with E-state index in [9.17, 15) is 4.79 Å². The zero-order chi connectivity index (χ0) is 12.3.